The van der Waals surface area contributed by atoms with Gasteiger partial charge < -0.3 is 5.32 Å². The third kappa shape index (κ3) is 4.07. The maximum Gasteiger partial charge on any atom is 0.258 e. The molecule has 1 amide bonds. The molecule has 0 fully saturated rings. The second-order valence-corrected chi connectivity index (χ2v) is 7.86. The molecule has 0 unspecified atom stereocenters. The highest BCUT2D eigenvalue weighted by molar-refractivity contribution is 7.90. The molecule has 128 valence electrons. The van der Waals surface area contributed by atoms with Crippen molar-refractivity contribution in [2.45, 2.75) is 4.90 Å². The van der Waals surface area contributed by atoms with Crippen LogP contribution < -0.4 is 5.32 Å². The van der Waals surface area contributed by atoms with Crippen LogP contribution in [0.4, 0.5) is 5.69 Å². The molecule has 2 aromatic carbocycles. The number of sulfone groups is 1. The molecule has 0 aliphatic carbocycles. The smallest absolute Gasteiger partial charge is 0.258 e. The Bertz CT molecular complexity index is 1040. The summed E-state index contributed by atoms with van der Waals surface area (Å²) in [5, 5.41) is 7.38. The molecule has 0 aliphatic heterocycles. The molecular weight excluding hydrogens is 362 g/mol. The van der Waals surface area contributed by atoms with Gasteiger partial charge >= 0.3 is 0 Å². The molecule has 1 aromatic heterocycles. The quantitative estimate of drug-likeness (QED) is 0.759. The number of nitrogens with one attached hydrogen (secondary N) is 1. The van der Waals surface area contributed by atoms with Crippen LogP contribution >= 0.6 is 11.6 Å². The van der Waals surface area contributed by atoms with Crippen molar-refractivity contribution in [1.29, 1.82) is 0 Å². The van der Waals surface area contributed by atoms with E-state index in [1.54, 1.807) is 36.5 Å². The van der Waals surface area contributed by atoms with E-state index in [9.17, 15) is 13.2 Å². The molecule has 0 atom stereocenters. The van der Waals surface area contributed by atoms with Gasteiger partial charge in [-0.1, -0.05) is 23.7 Å². The standard InChI is InChI=1S/C17H14ClN3O3S/c1-25(23,24)16-7-3-5-14(9-16)20-17(22)12-10-19-21(11-12)15-6-2-4-13(18)8-15/h2-11H,1H3,(H,20,22). The van der Waals surface area contributed by atoms with Crippen LogP contribution in [0.15, 0.2) is 65.8 Å². The molecule has 0 radical (unpaired) electrons. The van der Waals surface area contributed by atoms with Crippen molar-refractivity contribution in [1.82, 2.24) is 9.78 Å². The van der Waals surface area contributed by atoms with Gasteiger partial charge in [0.15, 0.2) is 9.84 Å². The SMILES string of the molecule is CS(=O)(=O)c1cccc(NC(=O)c2cnn(-c3cccc(Cl)c3)c2)c1. The second-order valence-electron chi connectivity index (χ2n) is 5.41. The van der Waals surface area contributed by atoms with Gasteiger partial charge in [0.05, 0.1) is 22.3 Å². The van der Waals surface area contributed by atoms with Crippen molar-refractivity contribution in [3.05, 3.63) is 71.5 Å². The molecular formula is C17H14ClN3O3S. The summed E-state index contributed by atoms with van der Waals surface area (Å²) in [7, 11) is -3.34. The molecule has 3 rings (SSSR count). The zero-order valence-corrected chi connectivity index (χ0v) is 14.8. The van der Waals surface area contributed by atoms with Crippen LogP contribution in [0, 0.1) is 0 Å². The second kappa shape index (κ2) is 6.70. The summed E-state index contributed by atoms with van der Waals surface area (Å²) in [6.07, 6.45) is 4.11. The van der Waals surface area contributed by atoms with Crippen LogP contribution in [0.25, 0.3) is 5.69 Å². The first-order valence-electron chi connectivity index (χ1n) is 7.25. The third-order valence-electron chi connectivity index (χ3n) is 3.44. The first kappa shape index (κ1) is 17.2. The lowest BCUT2D eigenvalue weighted by molar-refractivity contribution is 0.102. The zero-order valence-electron chi connectivity index (χ0n) is 13.2. The molecule has 0 saturated heterocycles. The number of hydrogen-bond acceptors (Lipinski definition) is 4. The molecule has 6 nitrogen and oxygen atoms in total. The predicted molar refractivity (Wildman–Crippen MR) is 96.1 cm³/mol. The molecule has 8 heteroatoms. The molecule has 1 N–H and O–H groups in total. The van der Waals surface area contributed by atoms with Crippen molar-refractivity contribution in [3.8, 4) is 5.69 Å². The number of hydrogen-bond donors (Lipinski definition) is 1. The lowest BCUT2D eigenvalue weighted by Crippen LogP contribution is -2.11. The van der Waals surface area contributed by atoms with Crippen molar-refractivity contribution in [2.24, 2.45) is 0 Å². The van der Waals surface area contributed by atoms with Crippen molar-refractivity contribution < 1.29 is 13.2 Å². The van der Waals surface area contributed by atoms with Crippen LogP contribution in [0.1, 0.15) is 10.4 Å². The minimum atomic E-state index is -3.34. The van der Waals surface area contributed by atoms with E-state index in [4.69, 9.17) is 11.6 Å². The van der Waals surface area contributed by atoms with E-state index in [0.717, 1.165) is 11.9 Å². The van der Waals surface area contributed by atoms with E-state index in [-0.39, 0.29) is 10.8 Å². The molecule has 1 heterocycles. The van der Waals surface area contributed by atoms with Crippen LogP contribution in [-0.2, 0) is 9.84 Å². The topological polar surface area (TPSA) is 81.1 Å². The Morgan fingerprint density at radius 3 is 2.64 bits per heavy atom. The maximum atomic E-state index is 12.3. The number of carbonyl (C=O) groups is 1. The summed E-state index contributed by atoms with van der Waals surface area (Å²) >= 11 is 5.95. The number of benzene rings is 2. The number of nitrogens with zero attached hydrogens (tertiary/aromatic N) is 2. The van der Waals surface area contributed by atoms with E-state index in [2.05, 4.69) is 10.4 Å². The van der Waals surface area contributed by atoms with Crippen LogP contribution in [0.2, 0.25) is 5.02 Å². The summed E-state index contributed by atoms with van der Waals surface area (Å²) < 4.78 is 24.7. The summed E-state index contributed by atoms with van der Waals surface area (Å²) in [5.74, 6) is -0.390. The zero-order chi connectivity index (χ0) is 18.0. The summed E-state index contributed by atoms with van der Waals surface area (Å²) in [5.41, 5.74) is 1.46. The van der Waals surface area contributed by atoms with Crippen molar-refractivity contribution in [2.75, 3.05) is 11.6 Å². The Morgan fingerprint density at radius 1 is 1.16 bits per heavy atom. The van der Waals surface area contributed by atoms with E-state index in [1.165, 1.54) is 23.0 Å². The summed E-state index contributed by atoms with van der Waals surface area (Å²) in [4.78, 5) is 12.5. The molecule has 0 spiro atoms. The number of rotatable bonds is 4. The Hall–Kier alpha value is -2.64. The van der Waals surface area contributed by atoms with Crippen LogP contribution in [-0.4, -0.2) is 30.4 Å². The molecule has 0 aliphatic rings. The van der Waals surface area contributed by atoms with E-state index in [1.807, 2.05) is 6.07 Å². The van der Waals surface area contributed by atoms with E-state index in [0.29, 0.717) is 16.3 Å². The monoisotopic (exact) mass is 375 g/mol. The summed E-state index contributed by atoms with van der Waals surface area (Å²) in [6.45, 7) is 0. The van der Waals surface area contributed by atoms with Gasteiger partial charge in [0.2, 0.25) is 0 Å². The number of carbonyl (C=O) groups excluding carboxylic acids is 1. The van der Waals surface area contributed by atoms with Gasteiger partial charge in [0.25, 0.3) is 5.91 Å². The first-order chi connectivity index (χ1) is 11.8. The van der Waals surface area contributed by atoms with E-state index < -0.39 is 9.84 Å². The molecule has 0 bridgehead atoms. The van der Waals surface area contributed by atoms with E-state index >= 15 is 0 Å². The fourth-order valence-corrected chi connectivity index (χ4v) is 3.06. The number of aromatic nitrogens is 2. The largest absolute Gasteiger partial charge is 0.322 e. The minimum Gasteiger partial charge on any atom is -0.322 e. The van der Waals surface area contributed by atoms with Gasteiger partial charge in [-0.05, 0) is 36.4 Å². The van der Waals surface area contributed by atoms with Gasteiger partial charge in [0.1, 0.15) is 0 Å². The number of amides is 1. The highest BCUT2D eigenvalue weighted by Crippen LogP contribution is 2.17. The lowest BCUT2D eigenvalue weighted by Gasteiger charge is -2.05. The first-order valence-corrected chi connectivity index (χ1v) is 9.52. The van der Waals surface area contributed by atoms with Gasteiger partial charge in [-0.25, -0.2) is 13.1 Å². The van der Waals surface area contributed by atoms with Crippen LogP contribution in [0.5, 0.6) is 0 Å². The van der Waals surface area contributed by atoms with Gasteiger partial charge in [-0.3, -0.25) is 4.79 Å². The Labute approximate surface area is 150 Å². The van der Waals surface area contributed by atoms with Gasteiger partial charge in [-0.15, -0.1) is 0 Å². The number of halogens is 1. The Morgan fingerprint density at radius 2 is 1.92 bits per heavy atom. The molecule has 25 heavy (non-hydrogen) atoms. The molecule has 0 saturated carbocycles. The summed E-state index contributed by atoms with van der Waals surface area (Å²) in [6, 6.07) is 13.2. The Balaban J connectivity index is 1.81. The normalized spacial score (nSPS) is 11.3. The Kier molecular flexibility index (Phi) is 4.61. The highest BCUT2D eigenvalue weighted by atomic mass is 35.5. The maximum absolute atomic E-state index is 12.3. The fraction of sp³-hybridized carbons (Fsp3) is 0.0588. The minimum absolute atomic E-state index is 0.139. The highest BCUT2D eigenvalue weighted by Gasteiger charge is 2.12. The lowest BCUT2D eigenvalue weighted by atomic mass is 10.3. The third-order valence-corrected chi connectivity index (χ3v) is 4.78. The number of anilines is 1. The van der Waals surface area contributed by atoms with Crippen LogP contribution in [0.3, 0.4) is 0 Å². The van der Waals surface area contributed by atoms with Gasteiger partial charge in [-0.2, -0.15) is 5.10 Å². The van der Waals surface area contributed by atoms with Gasteiger partial charge in [0, 0.05) is 23.2 Å². The average molecular weight is 376 g/mol. The van der Waals surface area contributed by atoms with Crippen molar-refractivity contribution in [3.63, 3.8) is 0 Å². The fourth-order valence-electron chi connectivity index (χ4n) is 2.21. The van der Waals surface area contributed by atoms with Crippen molar-refractivity contribution >= 4 is 33.0 Å². The average Bonchev–Trinajstić information content (AvgIpc) is 3.04. The molecule has 3 aromatic rings. The predicted octanol–water partition coefficient (Wildman–Crippen LogP) is 3.18.